The van der Waals surface area contributed by atoms with E-state index in [1.165, 1.54) is 24.3 Å². The Balaban J connectivity index is 1.59. The van der Waals surface area contributed by atoms with Gasteiger partial charge >= 0.3 is 0 Å². The molecular formula is C21H22FNO3. The number of rotatable bonds is 6. The summed E-state index contributed by atoms with van der Waals surface area (Å²) in [6, 6.07) is 12.3. The third kappa shape index (κ3) is 4.48. The molecule has 3 rings (SSSR count). The monoisotopic (exact) mass is 355 g/mol. The molecule has 1 unspecified atom stereocenters. The Morgan fingerprint density at radius 2 is 1.54 bits per heavy atom. The van der Waals surface area contributed by atoms with Crippen molar-refractivity contribution in [3.8, 4) is 5.75 Å². The summed E-state index contributed by atoms with van der Waals surface area (Å²) in [4.78, 5) is 24.5. The smallest absolute Gasteiger partial charge is 0.260 e. The van der Waals surface area contributed by atoms with Crippen molar-refractivity contribution in [1.82, 2.24) is 5.32 Å². The predicted molar refractivity (Wildman–Crippen MR) is 96.8 cm³/mol. The van der Waals surface area contributed by atoms with E-state index in [2.05, 4.69) is 5.32 Å². The maximum absolute atomic E-state index is 13.0. The lowest BCUT2D eigenvalue weighted by atomic mass is 10.0. The minimum atomic E-state index is -0.603. The van der Waals surface area contributed by atoms with Gasteiger partial charge in [0.15, 0.2) is 11.9 Å². The van der Waals surface area contributed by atoms with Gasteiger partial charge in [0.2, 0.25) is 0 Å². The largest absolute Gasteiger partial charge is 0.481 e. The summed E-state index contributed by atoms with van der Waals surface area (Å²) in [5.41, 5.74) is 0.899. The Kier molecular flexibility index (Phi) is 5.66. The molecule has 1 atom stereocenters. The topological polar surface area (TPSA) is 55.4 Å². The number of amides is 1. The van der Waals surface area contributed by atoms with Gasteiger partial charge in [0.05, 0.1) is 0 Å². The molecule has 0 spiro atoms. The fourth-order valence-corrected chi connectivity index (χ4v) is 3.10. The summed E-state index contributed by atoms with van der Waals surface area (Å²) in [5, 5.41) is 3.01. The lowest BCUT2D eigenvalue weighted by molar-refractivity contribution is -0.127. The van der Waals surface area contributed by atoms with Gasteiger partial charge in [-0.05, 0) is 68.3 Å². The molecule has 2 aromatic rings. The zero-order valence-corrected chi connectivity index (χ0v) is 14.7. The number of ketones is 1. The average molecular weight is 355 g/mol. The molecule has 0 aromatic heterocycles. The number of nitrogens with one attached hydrogen (secondary N) is 1. The van der Waals surface area contributed by atoms with Crippen LogP contribution < -0.4 is 10.1 Å². The standard InChI is InChI=1S/C21H22FNO3/c1-14(21(25)23-18-4-2-3-5-18)26-19-12-8-16(9-13-19)20(24)15-6-10-17(22)11-7-15/h6-14,18H,2-5H2,1H3,(H,23,25). The summed E-state index contributed by atoms with van der Waals surface area (Å²) < 4.78 is 18.6. The second kappa shape index (κ2) is 8.13. The van der Waals surface area contributed by atoms with Crippen LogP contribution in [-0.4, -0.2) is 23.8 Å². The van der Waals surface area contributed by atoms with E-state index in [0.717, 1.165) is 25.7 Å². The van der Waals surface area contributed by atoms with Crippen LogP contribution in [0.5, 0.6) is 5.75 Å². The van der Waals surface area contributed by atoms with Crippen molar-refractivity contribution in [1.29, 1.82) is 0 Å². The van der Waals surface area contributed by atoms with Gasteiger partial charge in [0.1, 0.15) is 11.6 Å². The van der Waals surface area contributed by atoms with Crippen LogP contribution >= 0.6 is 0 Å². The highest BCUT2D eigenvalue weighted by Crippen LogP contribution is 2.19. The number of hydrogen-bond acceptors (Lipinski definition) is 3. The minimum absolute atomic E-state index is 0.122. The Morgan fingerprint density at radius 3 is 2.12 bits per heavy atom. The fourth-order valence-electron chi connectivity index (χ4n) is 3.10. The van der Waals surface area contributed by atoms with Gasteiger partial charge in [-0.1, -0.05) is 12.8 Å². The molecule has 0 saturated heterocycles. The zero-order valence-electron chi connectivity index (χ0n) is 14.7. The van der Waals surface area contributed by atoms with Crippen LogP contribution in [0.15, 0.2) is 48.5 Å². The number of benzene rings is 2. The van der Waals surface area contributed by atoms with Crippen LogP contribution in [0.25, 0.3) is 0 Å². The maximum Gasteiger partial charge on any atom is 0.260 e. The van der Waals surface area contributed by atoms with Crippen LogP contribution in [0.2, 0.25) is 0 Å². The Hall–Kier alpha value is -2.69. The number of halogens is 1. The second-order valence-corrected chi connectivity index (χ2v) is 6.61. The summed E-state index contributed by atoms with van der Waals surface area (Å²) in [6.07, 6.45) is 3.76. The lowest BCUT2D eigenvalue weighted by Gasteiger charge is -2.18. The van der Waals surface area contributed by atoms with E-state index in [-0.39, 0.29) is 23.5 Å². The molecular weight excluding hydrogens is 333 g/mol. The summed E-state index contributed by atoms with van der Waals surface area (Å²) in [7, 11) is 0. The molecule has 136 valence electrons. The van der Waals surface area contributed by atoms with Gasteiger partial charge in [0.25, 0.3) is 5.91 Å². The number of carbonyl (C=O) groups excluding carboxylic acids is 2. The molecule has 0 heterocycles. The van der Waals surface area contributed by atoms with Gasteiger partial charge in [0, 0.05) is 17.2 Å². The van der Waals surface area contributed by atoms with Gasteiger partial charge in [-0.15, -0.1) is 0 Å². The van der Waals surface area contributed by atoms with Crippen molar-refractivity contribution in [3.05, 3.63) is 65.5 Å². The fraction of sp³-hybridized carbons (Fsp3) is 0.333. The predicted octanol–water partition coefficient (Wildman–Crippen LogP) is 3.88. The first kappa shape index (κ1) is 18.1. The van der Waals surface area contributed by atoms with Crippen molar-refractivity contribution in [2.45, 2.75) is 44.8 Å². The van der Waals surface area contributed by atoms with Crippen LogP contribution in [0, 0.1) is 5.82 Å². The normalized spacial score (nSPS) is 15.5. The molecule has 0 bridgehead atoms. The van der Waals surface area contributed by atoms with E-state index in [9.17, 15) is 14.0 Å². The molecule has 26 heavy (non-hydrogen) atoms. The quantitative estimate of drug-likeness (QED) is 0.800. The van der Waals surface area contributed by atoms with E-state index in [1.807, 2.05) is 0 Å². The van der Waals surface area contributed by atoms with Gasteiger partial charge < -0.3 is 10.1 Å². The van der Waals surface area contributed by atoms with E-state index in [4.69, 9.17) is 4.74 Å². The Labute approximate surface area is 152 Å². The summed E-state index contributed by atoms with van der Waals surface area (Å²) >= 11 is 0. The van der Waals surface area contributed by atoms with Crippen molar-refractivity contribution in [3.63, 3.8) is 0 Å². The first-order valence-electron chi connectivity index (χ1n) is 8.90. The second-order valence-electron chi connectivity index (χ2n) is 6.61. The summed E-state index contributed by atoms with van der Waals surface area (Å²) in [6.45, 7) is 1.71. The molecule has 1 N–H and O–H groups in total. The van der Waals surface area contributed by atoms with Crippen molar-refractivity contribution < 1.29 is 18.7 Å². The van der Waals surface area contributed by atoms with E-state index in [0.29, 0.717) is 16.9 Å². The minimum Gasteiger partial charge on any atom is -0.481 e. The Morgan fingerprint density at radius 1 is 1.00 bits per heavy atom. The van der Waals surface area contributed by atoms with E-state index >= 15 is 0 Å². The first-order chi connectivity index (χ1) is 12.5. The molecule has 5 heteroatoms. The molecule has 0 aliphatic heterocycles. The van der Waals surface area contributed by atoms with Crippen LogP contribution in [0.3, 0.4) is 0 Å². The molecule has 4 nitrogen and oxygen atoms in total. The maximum atomic E-state index is 13.0. The third-order valence-corrected chi connectivity index (χ3v) is 4.61. The van der Waals surface area contributed by atoms with Crippen molar-refractivity contribution in [2.24, 2.45) is 0 Å². The number of ether oxygens (including phenoxy) is 1. The molecule has 0 radical (unpaired) electrons. The average Bonchev–Trinajstić information content (AvgIpc) is 3.15. The van der Waals surface area contributed by atoms with E-state index in [1.54, 1.807) is 31.2 Å². The molecule has 1 fully saturated rings. The SMILES string of the molecule is CC(Oc1ccc(C(=O)c2ccc(F)cc2)cc1)C(=O)NC1CCCC1. The molecule has 2 aromatic carbocycles. The molecule has 1 amide bonds. The third-order valence-electron chi connectivity index (χ3n) is 4.61. The van der Waals surface area contributed by atoms with Crippen LogP contribution in [-0.2, 0) is 4.79 Å². The van der Waals surface area contributed by atoms with Crippen LogP contribution in [0.4, 0.5) is 4.39 Å². The highest BCUT2D eigenvalue weighted by molar-refractivity contribution is 6.09. The van der Waals surface area contributed by atoms with Gasteiger partial charge in [-0.25, -0.2) is 4.39 Å². The molecule has 1 aliphatic carbocycles. The lowest BCUT2D eigenvalue weighted by Crippen LogP contribution is -2.41. The highest BCUT2D eigenvalue weighted by Gasteiger charge is 2.21. The van der Waals surface area contributed by atoms with Gasteiger partial charge in [-0.2, -0.15) is 0 Å². The van der Waals surface area contributed by atoms with Crippen molar-refractivity contribution in [2.75, 3.05) is 0 Å². The number of carbonyl (C=O) groups is 2. The zero-order chi connectivity index (χ0) is 18.5. The summed E-state index contributed by atoms with van der Waals surface area (Å²) in [5.74, 6) is -0.170. The van der Waals surface area contributed by atoms with Gasteiger partial charge in [-0.3, -0.25) is 9.59 Å². The van der Waals surface area contributed by atoms with Crippen molar-refractivity contribution >= 4 is 11.7 Å². The highest BCUT2D eigenvalue weighted by atomic mass is 19.1. The molecule has 1 aliphatic rings. The molecule has 1 saturated carbocycles. The van der Waals surface area contributed by atoms with Crippen LogP contribution in [0.1, 0.15) is 48.5 Å². The Bertz CT molecular complexity index is 765. The first-order valence-corrected chi connectivity index (χ1v) is 8.90. The van der Waals surface area contributed by atoms with E-state index < -0.39 is 6.10 Å². The number of hydrogen-bond donors (Lipinski definition) is 1.